The molecular weight excluding hydrogens is 222 g/mol. The van der Waals surface area contributed by atoms with Crippen molar-refractivity contribution in [3.8, 4) is 5.88 Å². The number of nitrogens with two attached hydrogens (primary N) is 1. The smallest absolute Gasteiger partial charge is 0.227 e. The van der Waals surface area contributed by atoms with Crippen LogP contribution in [0.15, 0.2) is 39.8 Å². The van der Waals surface area contributed by atoms with Gasteiger partial charge in [0.1, 0.15) is 6.33 Å². The maximum absolute atomic E-state index is 11.8. The van der Waals surface area contributed by atoms with Crippen molar-refractivity contribution in [2.24, 2.45) is 0 Å². The second-order valence-electron chi connectivity index (χ2n) is 3.43. The van der Waals surface area contributed by atoms with Crippen LogP contribution in [0.25, 0.3) is 16.9 Å². The molecule has 0 saturated carbocycles. The summed E-state index contributed by atoms with van der Waals surface area (Å²) in [6.07, 6.45) is 1.34. The van der Waals surface area contributed by atoms with Gasteiger partial charge in [0.15, 0.2) is 11.0 Å². The minimum Gasteiger partial charge on any atom is -0.436 e. The zero-order valence-corrected chi connectivity index (χ0v) is 8.57. The van der Waals surface area contributed by atoms with E-state index in [1.807, 2.05) is 0 Å². The van der Waals surface area contributed by atoms with Crippen molar-refractivity contribution in [2.45, 2.75) is 0 Å². The number of anilines is 1. The molecule has 0 unspecified atom stereocenters. The standard InChI is InChI=1S/C10H7N5O2/c11-7-3-1-2-6-8(16)4-9(17-10(6)7)15-5-12-13-14-15/h1-5H,11H2. The quantitative estimate of drug-likeness (QED) is 0.604. The van der Waals surface area contributed by atoms with Crippen LogP contribution in [-0.2, 0) is 0 Å². The molecule has 0 spiro atoms. The Morgan fingerprint density at radius 2 is 2.24 bits per heavy atom. The Balaban J connectivity index is 2.38. The average molecular weight is 229 g/mol. The van der Waals surface area contributed by atoms with E-state index in [9.17, 15) is 4.79 Å². The fourth-order valence-corrected chi connectivity index (χ4v) is 1.56. The third kappa shape index (κ3) is 1.44. The van der Waals surface area contributed by atoms with Crippen LogP contribution < -0.4 is 11.2 Å². The van der Waals surface area contributed by atoms with Crippen LogP contribution in [0.2, 0.25) is 0 Å². The number of fused-ring (bicyclic) bond motifs is 1. The van der Waals surface area contributed by atoms with Gasteiger partial charge in [0.2, 0.25) is 5.88 Å². The van der Waals surface area contributed by atoms with Crippen LogP contribution in [0.3, 0.4) is 0 Å². The molecule has 0 atom stereocenters. The highest BCUT2D eigenvalue weighted by molar-refractivity contribution is 5.87. The highest BCUT2D eigenvalue weighted by atomic mass is 16.4. The number of benzene rings is 1. The van der Waals surface area contributed by atoms with Gasteiger partial charge in [-0.15, -0.1) is 5.10 Å². The third-order valence-corrected chi connectivity index (χ3v) is 2.35. The van der Waals surface area contributed by atoms with Crippen molar-refractivity contribution in [3.05, 3.63) is 40.8 Å². The summed E-state index contributed by atoms with van der Waals surface area (Å²) in [7, 11) is 0. The summed E-state index contributed by atoms with van der Waals surface area (Å²) in [6.45, 7) is 0. The van der Waals surface area contributed by atoms with E-state index < -0.39 is 0 Å². The van der Waals surface area contributed by atoms with Gasteiger partial charge in [-0.25, -0.2) is 0 Å². The Bertz CT molecular complexity index is 732. The Hall–Kier alpha value is -2.70. The molecule has 2 aromatic heterocycles. The normalized spacial score (nSPS) is 10.8. The van der Waals surface area contributed by atoms with Gasteiger partial charge < -0.3 is 10.2 Å². The van der Waals surface area contributed by atoms with Gasteiger partial charge in [-0.05, 0) is 22.6 Å². The number of rotatable bonds is 1. The Kier molecular flexibility index (Phi) is 1.91. The van der Waals surface area contributed by atoms with Gasteiger partial charge in [-0.1, -0.05) is 6.07 Å². The molecule has 7 heteroatoms. The minimum atomic E-state index is -0.191. The molecule has 7 nitrogen and oxygen atoms in total. The number of aromatic nitrogens is 4. The molecule has 0 saturated heterocycles. The maximum Gasteiger partial charge on any atom is 0.227 e. The number of para-hydroxylation sites is 1. The van der Waals surface area contributed by atoms with Gasteiger partial charge in [-0.3, -0.25) is 4.79 Å². The monoisotopic (exact) mass is 229 g/mol. The predicted molar refractivity (Wildman–Crippen MR) is 59.6 cm³/mol. The molecule has 84 valence electrons. The molecule has 2 N–H and O–H groups in total. The molecule has 17 heavy (non-hydrogen) atoms. The van der Waals surface area contributed by atoms with Crippen molar-refractivity contribution in [2.75, 3.05) is 5.73 Å². The molecule has 0 radical (unpaired) electrons. The molecular formula is C10H7N5O2. The molecule has 0 fully saturated rings. The van der Waals surface area contributed by atoms with E-state index in [0.717, 1.165) is 0 Å². The van der Waals surface area contributed by atoms with Crippen molar-refractivity contribution in [3.63, 3.8) is 0 Å². The van der Waals surface area contributed by atoms with Gasteiger partial charge >= 0.3 is 0 Å². The fraction of sp³-hybridized carbons (Fsp3) is 0. The highest BCUT2D eigenvalue weighted by Gasteiger charge is 2.09. The van der Waals surface area contributed by atoms with E-state index in [2.05, 4.69) is 15.5 Å². The van der Waals surface area contributed by atoms with Gasteiger partial charge in [0.25, 0.3) is 0 Å². The van der Waals surface area contributed by atoms with Crippen LogP contribution in [-0.4, -0.2) is 20.2 Å². The topological polar surface area (TPSA) is 99.8 Å². The van der Waals surface area contributed by atoms with Crippen LogP contribution in [0.4, 0.5) is 5.69 Å². The summed E-state index contributed by atoms with van der Waals surface area (Å²) in [5, 5.41) is 11.0. The lowest BCUT2D eigenvalue weighted by Crippen LogP contribution is -2.06. The molecule has 0 aliphatic heterocycles. The van der Waals surface area contributed by atoms with Gasteiger partial charge in [-0.2, -0.15) is 4.68 Å². The molecule has 3 aromatic rings. The van der Waals surface area contributed by atoms with Gasteiger partial charge in [0.05, 0.1) is 11.1 Å². The summed E-state index contributed by atoms with van der Waals surface area (Å²) < 4.78 is 6.77. The second-order valence-corrected chi connectivity index (χ2v) is 3.43. The maximum atomic E-state index is 11.8. The van der Waals surface area contributed by atoms with Gasteiger partial charge in [0, 0.05) is 6.07 Å². The summed E-state index contributed by atoms with van der Waals surface area (Å²) in [5.41, 5.74) is 6.30. The lowest BCUT2D eigenvalue weighted by atomic mass is 10.2. The Morgan fingerprint density at radius 1 is 1.35 bits per heavy atom. The van der Waals surface area contributed by atoms with E-state index in [0.29, 0.717) is 16.7 Å². The minimum absolute atomic E-state index is 0.191. The van der Waals surface area contributed by atoms with Crippen LogP contribution in [0, 0.1) is 0 Å². The Morgan fingerprint density at radius 3 is 3.00 bits per heavy atom. The number of nitrogens with zero attached hydrogens (tertiary/aromatic N) is 4. The number of hydrogen-bond donors (Lipinski definition) is 1. The first kappa shape index (κ1) is 9.52. The summed E-state index contributed by atoms with van der Waals surface area (Å²) in [4.78, 5) is 11.8. The van der Waals surface area contributed by atoms with Crippen LogP contribution >= 0.6 is 0 Å². The summed E-state index contributed by atoms with van der Waals surface area (Å²) >= 11 is 0. The largest absolute Gasteiger partial charge is 0.436 e. The van der Waals surface area contributed by atoms with E-state index >= 15 is 0 Å². The molecule has 1 aromatic carbocycles. The number of nitrogen functional groups attached to an aromatic ring is 1. The molecule has 2 heterocycles. The lowest BCUT2D eigenvalue weighted by Gasteiger charge is -2.03. The molecule has 0 aliphatic carbocycles. The molecule has 3 rings (SSSR count). The average Bonchev–Trinajstić information content (AvgIpc) is 2.84. The fourth-order valence-electron chi connectivity index (χ4n) is 1.56. The predicted octanol–water partition coefficient (Wildman–Crippen LogP) is 0.351. The van der Waals surface area contributed by atoms with Crippen molar-refractivity contribution in [1.82, 2.24) is 20.2 Å². The summed E-state index contributed by atoms with van der Waals surface area (Å²) in [5.74, 6) is 0.227. The van der Waals surface area contributed by atoms with E-state index in [4.69, 9.17) is 10.2 Å². The summed E-state index contributed by atoms with van der Waals surface area (Å²) in [6, 6.07) is 6.33. The van der Waals surface area contributed by atoms with Crippen molar-refractivity contribution in [1.29, 1.82) is 0 Å². The second kappa shape index (κ2) is 3.41. The highest BCUT2D eigenvalue weighted by Crippen LogP contribution is 2.20. The lowest BCUT2D eigenvalue weighted by molar-refractivity contribution is 0.541. The van der Waals surface area contributed by atoms with E-state index in [1.54, 1.807) is 18.2 Å². The van der Waals surface area contributed by atoms with Crippen LogP contribution in [0.1, 0.15) is 0 Å². The molecule has 0 amide bonds. The first-order valence-electron chi connectivity index (χ1n) is 4.81. The Labute approximate surface area is 94.5 Å². The molecule has 0 aliphatic rings. The third-order valence-electron chi connectivity index (χ3n) is 2.35. The van der Waals surface area contributed by atoms with E-state index in [1.165, 1.54) is 17.1 Å². The SMILES string of the molecule is Nc1cccc2c(=O)cc(-n3cnnn3)oc12. The number of hydrogen-bond acceptors (Lipinski definition) is 6. The zero-order chi connectivity index (χ0) is 11.8. The zero-order valence-electron chi connectivity index (χ0n) is 8.57. The first-order valence-corrected chi connectivity index (χ1v) is 4.81. The van der Waals surface area contributed by atoms with E-state index in [-0.39, 0.29) is 11.3 Å². The van der Waals surface area contributed by atoms with Crippen molar-refractivity contribution < 1.29 is 4.42 Å². The number of tetrazole rings is 1. The van der Waals surface area contributed by atoms with Crippen LogP contribution in [0.5, 0.6) is 0 Å². The molecule has 0 bridgehead atoms. The first-order chi connectivity index (χ1) is 8.25. The van der Waals surface area contributed by atoms with Crippen molar-refractivity contribution >= 4 is 16.7 Å².